The third-order valence-corrected chi connectivity index (χ3v) is 4.16. The van der Waals surface area contributed by atoms with E-state index >= 15 is 0 Å². The van der Waals surface area contributed by atoms with Crippen LogP contribution in [0.3, 0.4) is 0 Å². The van der Waals surface area contributed by atoms with Gasteiger partial charge >= 0.3 is 0 Å². The molecule has 1 unspecified atom stereocenters. The minimum atomic E-state index is 0.0761. The number of rotatable bonds is 2. The number of nitrogens with zero attached hydrogens (tertiary/aromatic N) is 1. The molecule has 1 fully saturated rings. The lowest BCUT2D eigenvalue weighted by atomic mass is 10.1. The van der Waals surface area contributed by atoms with Crippen molar-refractivity contribution in [1.29, 1.82) is 0 Å². The van der Waals surface area contributed by atoms with Gasteiger partial charge in [-0.1, -0.05) is 31.9 Å². The van der Waals surface area contributed by atoms with E-state index < -0.39 is 0 Å². The number of amides is 1. The number of halogens is 2. The number of carbonyl (C=O) groups is 1. The summed E-state index contributed by atoms with van der Waals surface area (Å²) < 4.78 is 6.34. The summed E-state index contributed by atoms with van der Waals surface area (Å²) in [6.45, 7) is 3.86. The minimum Gasteiger partial charge on any atom is -0.377 e. The molecule has 18 heavy (non-hydrogen) atoms. The molecule has 0 radical (unpaired) electrons. The minimum absolute atomic E-state index is 0.0761. The molecule has 0 aliphatic carbocycles. The van der Waals surface area contributed by atoms with Crippen LogP contribution in [0.15, 0.2) is 22.7 Å². The monoisotopic (exact) mass is 375 g/mol. The summed E-state index contributed by atoms with van der Waals surface area (Å²) >= 11 is 6.87. The van der Waals surface area contributed by atoms with Crippen LogP contribution in [0.4, 0.5) is 0 Å². The Morgan fingerprint density at radius 3 is 2.94 bits per heavy atom. The lowest BCUT2D eigenvalue weighted by Gasteiger charge is -2.34. The number of aryl methyl sites for hydroxylation is 1. The van der Waals surface area contributed by atoms with E-state index in [1.54, 1.807) is 0 Å². The van der Waals surface area contributed by atoms with Gasteiger partial charge in [-0.3, -0.25) is 4.79 Å². The first-order valence-corrected chi connectivity index (χ1v) is 7.75. The van der Waals surface area contributed by atoms with E-state index in [4.69, 9.17) is 4.74 Å². The van der Waals surface area contributed by atoms with Crippen LogP contribution in [0.5, 0.6) is 0 Å². The number of morpholine rings is 1. The Hall–Kier alpha value is -0.390. The molecule has 2 rings (SSSR count). The Bertz CT molecular complexity index is 430. The Balaban J connectivity index is 2.23. The average molecular weight is 377 g/mol. The molecule has 5 heteroatoms. The topological polar surface area (TPSA) is 29.5 Å². The number of hydrogen-bond donors (Lipinski definition) is 0. The third-order valence-electron chi connectivity index (χ3n) is 2.96. The fourth-order valence-electron chi connectivity index (χ4n) is 2.08. The van der Waals surface area contributed by atoms with E-state index in [0.717, 1.165) is 20.9 Å². The van der Waals surface area contributed by atoms with Gasteiger partial charge in [0.25, 0.3) is 5.91 Å². The molecule has 1 aromatic carbocycles. The normalized spacial score (nSPS) is 19.9. The maximum Gasteiger partial charge on any atom is 0.254 e. The van der Waals surface area contributed by atoms with Crippen molar-refractivity contribution < 1.29 is 9.53 Å². The molecule has 0 bridgehead atoms. The Labute approximate surface area is 124 Å². The predicted molar refractivity (Wildman–Crippen MR) is 78.3 cm³/mol. The standard InChI is InChI=1S/C13H15Br2NO2/c1-9-4-10(6-11(15)5-9)13(17)16-2-3-18-8-12(16)7-14/h4-6,12H,2-3,7-8H2,1H3. The van der Waals surface area contributed by atoms with Crippen molar-refractivity contribution in [1.82, 2.24) is 4.90 Å². The van der Waals surface area contributed by atoms with Crippen LogP contribution in [-0.2, 0) is 4.74 Å². The van der Waals surface area contributed by atoms with Gasteiger partial charge in [-0.15, -0.1) is 0 Å². The highest BCUT2D eigenvalue weighted by molar-refractivity contribution is 9.10. The second kappa shape index (κ2) is 6.17. The Morgan fingerprint density at radius 2 is 2.28 bits per heavy atom. The molecule has 3 nitrogen and oxygen atoms in total. The molecule has 0 N–H and O–H groups in total. The molecule has 1 aliphatic heterocycles. The van der Waals surface area contributed by atoms with Gasteiger partial charge in [0.15, 0.2) is 0 Å². The molecule has 1 aromatic rings. The maximum atomic E-state index is 12.5. The summed E-state index contributed by atoms with van der Waals surface area (Å²) in [7, 11) is 0. The SMILES string of the molecule is Cc1cc(Br)cc(C(=O)N2CCOCC2CBr)c1. The molecule has 1 heterocycles. The molecular formula is C13H15Br2NO2. The van der Waals surface area contributed by atoms with E-state index in [0.29, 0.717) is 19.8 Å². The number of benzene rings is 1. The van der Waals surface area contributed by atoms with Crippen molar-refractivity contribution in [3.63, 3.8) is 0 Å². The van der Waals surface area contributed by atoms with E-state index in [2.05, 4.69) is 31.9 Å². The molecule has 1 amide bonds. The molecule has 1 aliphatic rings. The summed E-state index contributed by atoms with van der Waals surface area (Å²) in [5.74, 6) is 0.0761. The zero-order valence-electron chi connectivity index (χ0n) is 10.2. The van der Waals surface area contributed by atoms with Crippen LogP contribution in [0, 0.1) is 6.92 Å². The smallest absolute Gasteiger partial charge is 0.254 e. The van der Waals surface area contributed by atoms with Crippen LogP contribution in [0.2, 0.25) is 0 Å². The van der Waals surface area contributed by atoms with Crippen LogP contribution in [0.1, 0.15) is 15.9 Å². The second-order valence-electron chi connectivity index (χ2n) is 4.40. The molecule has 1 saturated heterocycles. The Kier molecular flexibility index (Phi) is 4.81. The largest absolute Gasteiger partial charge is 0.377 e. The van der Waals surface area contributed by atoms with Crippen molar-refractivity contribution in [2.45, 2.75) is 13.0 Å². The first-order chi connectivity index (χ1) is 8.61. The summed E-state index contributed by atoms with van der Waals surface area (Å²) in [6.07, 6.45) is 0. The average Bonchev–Trinajstić information content (AvgIpc) is 2.36. The number of ether oxygens (including phenoxy) is 1. The maximum absolute atomic E-state index is 12.5. The highest BCUT2D eigenvalue weighted by atomic mass is 79.9. The summed E-state index contributed by atoms with van der Waals surface area (Å²) in [5.41, 5.74) is 1.81. The van der Waals surface area contributed by atoms with Gasteiger partial charge in [0.2, 0.25) is 0 Å². The van der Waals surface area contributed by atoms with Gasteiger partial charge in [0, 0.05) is 21.9 Å². The molecule has 0 saturated carbocycles. The van der Waals surface area contributed by atoms with Crippen LogP contribution in [0.25, 0.3) is 0 Å². The first-order valence-electron chi connectivity index (χ1n) is 5.83. The van der Waals surface area contributed by atoms with E-state index in [1.807, 2.05) is 30.0 Å². The van der Waals surface area contributed by atoms with Gasteiger partial charge in [-0.25, -0.2) is 0 Å². The highest BCUT2D eigenvalue weighted by Gasteiger charge is 2.27. The predicted octanol–water partition coefficient (Wildman–Crippen LogP) is 2.99. The molecule has 0 spiro atoms. The van der Waals surface area contributed by atoms with Gasteiger partial charge in [-0.05, 0) is 30.7 Å². The number of carbonyl (C=O) groups excluding carboxylic acids is 1. The molecule has 0 aromatic heterocycles. The molecule has 98 valence electrons. The van der Waals surface area contributed by atoms with E-state index in [-0.39, 0.29) is 11.9 Å². The van der Waals surface area contributed by atoms with E-state index in [1.165, 1.54) is 0 Å². The van der Waals surface area contributed by atoms with Crippen molar-refractivity contribution >= 4 is 37.8 Å². The lowest BCUT2D eigenvalue weighted by Crippen LogP contribution is -2.49. The van der Waals surface area contributed by atoms with Crippen LogP contribution in [-0.4, -0.2) is 41.9 Å². The summed E-state index contributed by atoms with van der Waals surface area (Å²) in [4.78, 5) is 14.4. The number of hydrogen-bond acceptors (Lipinski definition) is 2. The van der Waals surface area contributed by atoms with Crippen molar-refractivity contribution in [2.75, 3.05) is 25.1 Å². The second-order valence-corrected chi connectivity index (χ2v) is 5.96. The van der Waals surface area contributed by atoms with E-state index in [9.17, 15) is 4.79 Å². The summed E-state index contributed by atoms with van der Waals surface area (Å²) in [6, 6.07) is 5.91. The van der Waals surface area contributed by atoms with Crippen molar-refractivity contribution in [3.8, 4) is 0 Å². The molecule has 1 atom stereocenters. The highest BCUT2D eigenvalue weighted by Crippen LogP contribution is 2.19. The van der Waals surface area contributed by atoms with Gasteiger partial charge in [0.1, 0.15) is 0 Å². The zero-order valence-corrected chi connectivity index (χ0v) is 13.3. The fourth-order valence-corrected chi connectivity index (χ4v) is 3.22. The lowest BCUT2D eigenvalue weighted by molar-refractivity contribution is 0.00524. The third kappa shape index (κ3) is 3.13. The van der Waals surface area contributed by atoms with Crippen LogP contribution < -0.4 is 0 Å². The van der Waals surface area contributed by atoms with Crippen molar-refractivity contribution in [3.05, 3.63) is 33.8 Å². The van der Waals surface area contributed by atoms with Gasteiger partial charge in [-0.2, -0.15) is 0 Å². The number of alkyl halides is 1. The summed E-state index contributed by atoms with van der Waals surface area (Å²) in [5, 5.41) is 0.742. The van der Waals surface area contributed by atoms with Gasteiger partial charge < -0.3 is 9.64 Å². The Morgan fingerprint density at radius 1 is 1.50 bits per heavy atom. The molecular weight excluding hydrogens is 362 g/mol. The van der Waals surface area contributed by atoms with Gasteiger partial charge in [0.05, 0.1) is 19.3 Å². The van der Waals surface area contributed by atoms with Crippen LogP contribution >= 0.6 is 31.9 Å². The quantitative estimate of drug-likeness (QED) is 0.742. The first kappa shape index (κ1) is 14.0. The van der Waals surface area contributed by atoms with Crippen molar-refractivity contribution in [2.24, 2.45) is 0 Å². The zero-order chi connectivity index (χ0) is 13.1. The fraction of sp³-hybridized carbons (Fsp3) is 0.462.